The summed E-state index contributed by atoms with van der Waals surface area (Å²) in [4.78, 5) is 2.61. The molecule has 2 nitrogen and oxygen atoms in total. The summed E-state index contributed by atoms with van der Waals surface area (Å²) >= 11 is 0. The van der Waals surface area contributed by atoms with E-state index in [1.54, 1.807) is 0 Å². The molecule has 2 aliphatic rings. The molecule has 0 radical (unpaired) electrons. The van der Waals surface area contributed by atoms with Crippen molar-refractivity contribution >= 4 is 5.69 Å². The van der Waals surface area contributed by atoms with Crippen LogP contribution in [-0.2, 0) is 6.42 Å². The van der Waals surface area contributed by atoms with Crippen LogP contribution in [0.25, 0.3) is 0 Å². The van der Waals surface area contributed by atoms with E-state index in [9.17, 15) is 0 Å². The Morgan fingerprint density at radius 1 is 1.16 bits per heavy atom. The fourth-order valence-corrected chi connectivity index (χ4v) is 3.69. The second kappa shape index (κ2) is 5.96. The molecule has 19 heavy (non-hydrogen) atoms. The predicted octanol–water partition coefficient (Wildman–Crippen LogP) is 3.54. The van der Waals surface area contributed by atoms with E-state index >= 15 is 0 Å². The fourth-order valence-electron chi connectivity index (χ4n) is 3.69. The SMILES string of the molecule is CN(CC1CCCC1)C1CCc2ccccc2NC1. The van der Waals surface area contributed by atoms with Crippen molar-refractivity contribution in [3.63, 3.8) is 0 Å². The lowest BCUT2D eigenvalue weighted by atomic mass is 10.0. The highest BCUT2D eigenvalue weighted by Gasteiger charge is 2.23. The molecule has 1 fully saturated rings. The summed E-state index contributed by atoms with van der Waals surface area (Å²) < 4.78 is 0. The highest BCUT2D eigenvalue weighted by atomic mass is 15.2. The minimum atomic E-state index is 0.688. The van der Waals surface area contributed by atoms with Crippen LogP contribution in [0.2, 0.25) is 0 Å². The van der Waals surface area contributed by atoms with E-state index < -0.39 is 0 Å². The lowest BCUT2D eigenvalue weighted by Crippen LogP contribution is -2.39. The molecule has 104 valence electrons. The summed E-state index contributed by atoms with van der Waals surface area (Å²) in [6, 6.07) is 9.46. The van der Waals surface area contributed by atoms with Crippen LogP contribution < -0.4 is 5.32 Å². The van der Waals surface area contributed by atoms with Gasteiger partial charge in [0.15, 0.2) is 0 Å². The minimum Gasteiger partial charge on any atom is -0.383 e. The average molecular weight is 258 g/mol. The zero-order chi connectivity index (χ0) is 13.1. The Balaban J connectivity index is 1.58. The van der Waals surface area contributed by atoms with E-state index in [1.807, 2.05) is 0 Å². The van der Waals surface area contributed by atoms with Gasteiger partial charge in [0.05, 0.1) is 0 Å². The largest absolute Gasteiger partial charge is 0.383 e. The van der Waals surface area contributed by atoms with Gasteiger partial charge >= 0.3 is 0 Å². The minimum absolute atomic E-state index is 0.688. The number of nitrogens with one attached hydrogen (secondary N) is 1. The Labute approximate surface area is 117 Å². The standard InChI is InChI=1S/C17H26N2/c1-19(13-14-6-2-3-7-14)16-11-10-15-8-4-5-9-17(15)18-12-16/h4-5,8-9,14,16,18H,2-3,6-7,10-13H2,1H3. The number of aryl methyl sites for hydroxylation is 1. The van der Waals surface area contributed by atoms with Gasteiger partial charge in [-0.15, -0.1) is 0 Å². The van der Waals surface area contributed by atoms with Gasteiger partial charge in [-0.1, -0.05) is 31.0 Å². The first-order chi connectivity index (χ1) is 9.33. The number of anilines is 1. The first-order valence-electron chi connectivity index (χ1n) is 7.85. The smallest absolute Gasteiger partial charge is 0.0373 e. The number of hydrogen-bond donors (Lipinski definition) is 1. The first kappa shape index (κ1) is 13.0. The van der Waals surface area contributed by atoms with Crippen molar-refractivity contribution in [3.8, 4) is 0 Å². The van der Waals surface area contributed by atoms with Crippen molar-refractivity contribution < 1.29 is 0 Å². The molecule has 2 heteroatoms. The van der Waals surface area contributed by atoms with Crippen LogP contribution in [0, 0.1) is 5.92 Å². The molecular weight excluding hydrogens is 232 g/mol. The second-order valence-corrected chi connectivity index (χ2v) is 6.32. The van der Waals surface area contributed by atoms with Gasteiger partial charge in [0.25, 0.3) is 0 Å². The van der Waals surface area contributed by atoms with Gasteiger partial charge in [0.2, 0.25) is 0 Å². The topological polar surface area (TPSA) is 15.3 Å². The summed E-state index contributed by atoms with van der Waals surface area (Å²) in [6.07, 6.45) is 8.30. The van der Waals surface area contributed by atoms with Gasteiger partial charge in [0, 0.05) is 24.8 Å². The summed E-state index contributed by atoms with van der Waals surface area (Å²) in [7, 11) is 2.32. The van der Waals surface area contributed by atoms with Crippen molar-refractivity contribution in [2.75, 3.05) is 25.5 Å². The van der Waals surface area contributed by atoms with Gasteiger partial charge in [-0.25, -0.2) is 0 Å². The summed E-state index contributed by atoms with van der Waals surface area (Å²) in [5.41, 5.74) is 2.83. The number of likely N-dealkylation sites (N-methyl/N-ethyl adjacent to an activating group) is 1. The van der Waals surface area contributed by atoms with Gasteiger partial charge < -0.3 is 10.2 Å². The Bertz CT molecular complexity index is 382. The summed E-state index contributed by atoms with van der Waals surface area (Å²) in [6.45, 7) is 2.39. The second-order valence-electron chi connectivity index (χ2n) is 6.32. The zero-order valence-corrected chi connectivity index (χ0v) is 12.1. The molecule has 3 rings (SSSR count). The predicted molar refractivity (Wildman–Crippen MR) is 81.6 cm³/mol. The number of fused-ring (bicyclic) bond motifs is 1. The van der Waals surface area contributed by atoms with Crippen molar-refractivity contribution in [2.24, 2.45) is 5.92 Å². The molecule has 0 amide bonds. The quantitative estimate of drug-likeness (QED) is 0.892. The van der Waals surface area contributed by atoms with Crippen LogP contribution in [0.1, 0.15) is 37.7 Å². The van der Waals surface area contributed by atoms with Crippen molar-refractivity contribution in [1.82, 2.24) is 4.90 Å². The van der Waals surface area contributed by atoms with Gasteiger partial charge in [-0.05, 0) is 50.3 Å². The van der Waals surface area contributed by atoms with Crippen LogP contribution in [0.4, 0.5) is 5.69 Å². The number of rotatable bonds is 3. The van der Waals surface area contributed by atoms with Crippen LogP contribution in [0.3, 0.4) is 0 Å². The number of nitrogens with zero attached hydrogens (tertiary/aromatic N) is 1. The highest BCUT2D eigenvalue weighted by molar-refractivity contribution is 5.52. The van der Waals surface area contributed by atoms with E-state index in [2.05, 4.69) is 41.5 Å². The molecule has 0 bridgehead atoms. The van der Waals surface area contributed by atoms with E-state index in [1.165, 1.54) is 56.3 Å². The molecule has 1 N–H and O–H groups in total. The Morgan fingerprint density at radius 2 is 1.95 bits per heavy atom. The van der Waals surface area contributed by atoms with Gasteiger partial charge in [0.1, 0.15) is 0 Å². The maximum atomic E-state index is 3.64. The molecule has 0 spiro atoms. The maximum Gasteiger partial charge on any atom is 0.0373 e. The lowest BCUT2D eigenvalue weighted by molar-refractivity contribution is 0.206. The molecule has 1 aliphatic carbocycles. The zero-order valence-electron chi connectivity index (χ0n) is 12.1. The van der Waals surface area contributed by atoms with Gasteiger partial charge in [-0.2, -0.15) is 0 Å². The lowest BCUT2D eigenvalue weighted by Gasteiger charge is -2.29. The number of para-hydroxylation sites is 1. The van der Waals surface area contributed by atoms with Crippen LogP contribution >= 0.6 is 0 Å². The Kier molecular flexibility index (Phi) is 4.07. The van der Waals surface area contributed by atoms with Crippen molar-refractivity contribution in [1.29, 1.82) is 0 Å². The normalized spacial score (nSPS) is 24.0. The monoisotopic (exact) mass is 258 g/mol. The molecular formula is C17H26N2. The third-order valence-electron chi connectivity index (χ3n) is 4.94. The van der Waals surface area contributed by atoms with E-state index in [-0.39, 0.29) is 0 Å². The molecule has 1 atom stereocenters. The first-order valence-corrected chi connectivity index (χ1v) is 7.85. The number of hydrogen-bond acceptors (Lipinski definition) is 2. The third kappa shape index (κ3) is 3.11. The average Bonchev–Trinajstić information content (AvgIpc) is 2.83. The van der Waals surface area contributed by atoms with Crippen LogP contribution in [0.5, 0.6) is 0 Å². The molecule has 1 aromatic carbocycles. The molecule has 0 saturated heterocycles. The Hall–Kier alpha value is -1.02. The number of benzene rings is 1. The molecule has 1 aromatic rings. The maximum absolute atomic E-state index is 3.64. The fraction of sp³-hybridized carbons (Fsp3) is 0.647. The summed E-state index contributed by atoms with van der Waals surface area (Å²) in [5, 5.41) is 3.64. The van der Waals surface area contributed by atoms with E-state index in [4.69, 9.17) is 0 Å². The highest BCUT2D eigenvalue weighted by Crippen LogP contribution is 2.27. The molecule has 0 aromatic heterocycles. The van der Waals surface area contributed by atoms with Gasteiger partial charge in [-0.3, -0.25) is 0 Å². The summed E-state index contributed by atoms with van der Waals surface area (Å²) in [5.74, 6) is 0.954. The third-order valence-corrected chi connectivity index (χ3v) is 4.94. The van der Waals surface area contributed by atoms with Crippen LogP contribution in [-0.4, -0.2) is 31.1 Å². The Morgan fingerprint density at radius 3 is 2.79 bits per heavy atom. The molecule has 1 unspecified atom stereocenters. The van der Waals surface area contributed by atoms with E-state index in [0.717, 1.165) is 12.5 Å². The van der Waals surface area contributed by atoms with Crippen molar-refractivity contribution in [2.45, 2.75) is 44.6 Å². The van der Waals surface area contributed by atoms with Crippen LogP contribution in [0.15, 0.2) is 24.3 Å². The van der Waals surface area contributed by atoms with Crippen molar-refractivity contribution in [3.05, 3.63) is 29.8 Å². The molecule has 1 heterocycles. The van der Waals surface area contributed by atoms with E-state index in [0.29, 0.717) is 6.04 Å². The molecule has 1 saturated carbocycles. The molecule has 1 aliphatic heterocycles.